The van der Waals surface area contributed by atoms with Crippen LogP contribution in [-0.2, 0) is 9.53 Å². The van der Waals surface area contributed by atoms with Crippen LogP contribution in [0.15, 0.2) is 126 Å². The topological polar surface area (TPSA) is 156 Å². The zero-order chi connectivity index (χ0) is 43.8. The van der Waals surface area contributed by atoms with Gasteiger partial charge in [-0.2, -0.15) is 5.10 Å². The molecule has 1 N–H and O–H groups in total. The van der Waals surface area contributed by atoms with Crippen molar-refractivity contribution in [3.8, 4) is 40.6 Å². The number of ether oxygens (including phenoxy) is 6. The van der Waals surface area contributed by atoms with Crippen LogP contribution in [0.5, 0.6) is 28.7 Å². The molecule has 0 aliphatic rings. The maximum Gasteiger partial charge on any atom is 0.343 e. The Bertz CT molecular complexity index is 2750. The van der Waals surface area contributed by atoms with Crippen LogP contribution in [0.2, 0.25) is 0 Å². The number of aromatic nitrogens is 1. The Labute approximate surface area is 362 Å². The van der Waals surface area contributed by atoms with Crippen molar-refractivity contribution in [3.63, 3.8) is 0 Å². The molecule has 0 bridgehead atoms. The summed E-state index contributed by atoms with van der Waals surface area (Å²) in [6, 6.07) is 27.4. The highest BCUT2D eigenvalue weighted by Gasteiger charge is 2.18. The number of hydrazone groups is 1. The number of nitrogens with one attached hydrogen (secondary N) is 1. The first-order valence-corrected chi connectivity index (χ1v) is 19.8. The van der Waals surface area contributed by atoms with E-state index in [1.54, 1.807) is 49.6 Å². The first kappa shape index (κ1) is 43.6. The van der Waals surface area contributed by atoms with Gasteiger partial charge < -0.3 is 28.4 Å². The summed E-state index contributed by atoms with van der Waals surface area (Å²) in [7, 11) is 3.00. The summed E-state index contributed by atoms with van der Waals surface area (Å²) in [5, 5.41) is 7.11. The van der Waals surface area contributed by atoms with Gasteiger partial charge >= 0.3 is 17.9 Å². The molecule has 0 atom stereocenters. The number of hydrogen-bond acceptors (Lipinski definition) is 14. The molecule has 6 rings (SSSR count). The number of hydrogen-bond donors (Lipinski definition) is 1. The monoisotopic (exact) mass is 848 g/mol. The predicted octanol–water partition coefficient (Wildman–Crippen LogP) is 9.46. The van der Waals surface area contributed by atoms with Crippen LogP contribution < -0.4 is 29.1 Å². The van der Waals surface area contributed by atoms with Crippen molar-refractivity contribution in [3.05, 3.63) is 149 Å². The number of esters is 3. The zero-order valence-electron chi connectivity index (χ0n) is 34.0. The third-order valence-corrected chi connectivity index (χ3v) is 9.65. The van der Waals surface area contributed by atoms with Gasteiger partial charge in [-0.25, -0.2) is 19.4 Å². The number of anilines is 1. The molecule has 0 aliphatic carbocycles. The second kappa shape index (κ2) is 21.3. The standard InChI is InChI=1S/C48H40N4O9S/c1-6-9-40-45(49-3)62-48(51-40)52-50-30-37-26-32(11-10-31-12-19-38(56-4)20-13-31)14-22-41(37)60-47(55)36-18-23-42(43(29-36)57-5)61-46(54)35-16-15-34-28-39(21-17-33(34)27-35)58-24-8-25-59-44(53)7-2/h6-7,9,12-23,26-30H,2-3,8,24-25H2,1,4-5H3,(H,51,52)/b9-6-,50-30+. The van der Waals surface area contributed by atoms with Crippen LogP contribution in [-0.4, -0.2) is 63.3 Å². The van der Waals surface area contributed by atoms with E-state index in [2.05, 4.69) is 45.6 Å². The molecule has 14 heteroatoms. The fraction of sp³-hybridized carbons (Fsp3) is 0.125. The Balaban J connectivity index is 1.16. The summed E-state index contributed by atoms with van der Waals surface area (Å²) in [5.74, 6) is 6.25. The highest BCUT2D eigenvalue weighted by atomic mass is 32.1. The minimum Gasteiger partial charge on any atom is -0.497 e. The number of fused-ring (bicyclic) bond motifs is 1. The van der Waals surface area contributed by atoms with Crippen molar-refractivity contribution in [2.24, 2.45) is 10.1 Å². The van der Waals surface area contributed by atoms with E-state index in [1.165, 1.54) is 42.9 Å². The van der Waals surface area contributed by atoms with Crippen molar-refractivity contribution < 1.29 is 42.8 Å². The smallest absolute Gasteiger partial charge is 0.343 e. The first-order chi connectivity index (χ1) is 30.2. The highest BCUT2D eigenvalue weighted by Crippen LogP contribution is 2.33. The van der Waals surface area contributed by atoms with E-state index < -0.39 is 17.9 Å². The van der Waals surface area contributed by atoms with Crippen LogP contribution in [0.1, 0.15) is 56.4 Å². The number of carbonyl (C=O) groups is 3. The number of nitrogens with zero attached hydrogens (tertiary/aromatic N) is 3. The average Bonchev–Trinajstić information content (AvgIpc) is 3.70. The second-order valence-electron chi connectivity index (χ2n) is 12.9. The fourth-order valence-corrected chi connectivity index (χ4v) is 6.37. The third kappa shape index (κ3) is 11.6. The highest BCUT2D eigenvalue weighted by molar-refractivity contribution is 7.19. The number of carbonyl (C=O) groups excluding carboxylic acids is 3. The second-order valence-corrected chi connectivity index (χ2v) is 13.9. The Hall–Kier alpha value is -8.02. The van der Waals surface area contributed by atoms with E-state index in [9.17, 15) is 14.4 Å². The molecule has 0 aliphatic heterocycles. The first-order valence-electron chi connectivity index (χ1n) is 19.0. The predicted molar refractivity (Wildman–Crippen MR) is 241 cm³/mol. The van der Waals surface area contributed by atoms with Crippen molar-refractivity contribution in [1.29, 1.82) is 0 Å². The van der Waals surface area contributed by atoms with Gasteiger partial charge in [0.2, 0.25) is 5.13 Å². The van der Waals surface area contributed by atoms with Crippen molar-refractivity contribution in [2.45, 2.75) is 13.3 Å². The van der Waals surface area contributed by atoms with Crippen molar-refractivity contribution in [2.75, 3.05) is 32.9 Å². The Kier molecular flexibility index (Phi) is 15.0. The molecule has 62 heavy (non-hydrogen) atoms. The minimum absolute atomic E-state index is 0.102. The minimum atomic E-state index is -0.701. The number of allylic oxidation sites excluding steroid dienone is 1. The molecule has 0 saturated carbocycles. The van der Waals surface area contributed by atoms with Gasteiger partial charge in [0.05, 0.1) is 44.8 Å². The molecule has 0 radical (unpaired) electrons. The lowest BCUT2D eigenvalue weighted by atomic mass is 10.1. The summed E-state index contributed by atoms with van der Waals surface area (Å²) in [6.07, 6.45) is 6.80. The molecule has 5 aromatic carbocycles. The molecule has 1 heterocycles. The number of thiazole rings is 1. The Morgan fingerprint density at radius 2 is 1.45 bits per heavy atom. The normalized spacial score (nSPS) is 10.8. The lowest BCUT2D eigenvalue weighted by Gasteiger charge is -2.12. The van der Waals surface area contributed by atoms with Crippen LogP contribution in [0.25, 0.3) is 16.8 Å². The molecule has 312 valence electrons. The van der Waals surface area contributed by atoms with E-state index in [4.69, 9.17) is 28.4 Å². The van der Waals surface area contributed by atoms with E-state index in [-0.39, 0.29) is 29.4 Å². The van der Waals surface area contributed by atoms with Gasteiger partial charge in [0.15, 0.2) is 11.5 Å². The molecule has 13 nitrogen and oxygen atoms in total. The average molecular weight is 849 g/mol. The lowest BCUT2D eigenvalue weighted by molar-refractivity contribution is -0.137. The van der Waals surface area contributed by atoms with E-state index >= 15 is 0 Å². The van der Waals surface area contributed by atoms with Crippen LogP contribution in [0, 0.1) is 11.8 Å². The summed E-state index contributed by atoms with van der Waals surface area (Å²) in [5.41, 5.74) is 5.87. The van der Waals surface area contributed by atoms with Gasteiger partial charge in [-0.1, -0.05) is 48.0 Å². The van der Waals surface area contributed by atoms with E-state index in [0.29, 0.717) is 51.3 Å². The lowest BCUT2D eigenvalue weighted by Crippen LogP contribution is -2.12. The fourth-order valence-electron chi connectivity index (χ4n) is 5.66. The third-order valence-electron chi connectivity index (χ3n) is 8.74. The van der Waals surface area contributed by atoms with Gasteiger partial charge in [0, 0.05) is 29.2 Å². The van der Waals surface area contributed by atoms with Crippen molar-refractivity contribution in [1.82, 2.24) is 4.98 Å². The molecular weight excluding hydrogens is 809 g/mol. The van der Waals surface area contributed by atoms with Crippen molar-refractivity contribution >= 4 is 69.2 Å². The molecule has 0 spiro atoms. The number of methoxy groups -OCH3 is 2. The largest absolute Gasteiger partial charge is 0.497 e. The molecule has 1 aromatic heterocycles. The Morgan fingerprint density at radius 3 is 2.19 bits per heavy atom. The summed E-state index contributed by atoms with van der Waals surface area (Å²) in [6.45, 7) is 9.43. The summed E-state index contributed by atoms with van der Waals surface area (Å²) >= 11 is 1.28. The molecule has 0 saturated heterocycles. The van der Waals surface area contributed by atoms with Gasteiger partial charge in [0.25, 0.3) is 0 Å². The summed E-state index contributed by atoms with van der Waals surface area (Å²) < 4.78 is 33.1. The molecule has 6 aromatic rings. The van der Waals surface area contributed by atoms with E-state index in [1.807, 2.05) is 55.5 Å². The molecule has 0 fully saturated rings. The molecule has 0 amide bonds. The van der Waals surface area contributed by atoms with E-state index in [0.717, 1.165) is 28.2 Å². The maximum absolute atomic E-state index is 13.6. The van der Waals surface area contributed by atoms with Gasteiger partial charge in [-0.15, -0.1) is 0 Å². The molecular formula is C48H40N4O9S. The quantitative estimate of drug-likeness (QED) is 0.0177. The summed E-state index contributed by atoms with van der Waals surface area (Å²) in [4.78, 5) is 46.6. The van der Waals surface area contributed by atoms with Gasteiger partial charge in [-0.3, -0.25) is 10.4 Å². The Morgan fingerprint density at radius 1 is 0.774 bits per heavy atom. The van der Waals surface area contributed by atoms with Gasteiger partial charge in [0.1, 0.15) is 27.9 Å². The van der Waals surface area contributed by atoms with Crippen LogP contribution in [0.3, 0.4) is 0 Å². The zero-order valence-corrected chi connectivity index (χ0v) is 34.8. The molecule has 0 unspecified atom stereocenters. The number of benzene rings is 5. The number of rotatable bonds is 17. The van der Waals surface area contributed by atoms with Crippen LogP contribution in [0.4, 0.5) is 10.1 Å². The van der Waals surface area contributed by atoms with Gasteiger partial charge in [-0.05, 0) is 115 Å². The SMILES string of the molecule is C=CC(=O)OCCCOc1ccc2cc(C(=O)Oc3ccc(C(=O)Oc4ccc(C#Cc5ccc(OC)cc5)cc4/C=N/Nc4nc(/C=C\C)c(N=C)s4)cc3OC)ccc2c1. The number of aliphatic imine (C=N–C) groups is 1. The van der Waals surface area contributed by atoms with Crippen LogP contribution >= 0.6 is 11.3 Å². The maximum atomic E-state index is 13.6.